The second-order valence-corrected chi connectivity index (χ2v) is 5.01. The second kappa shape index (κ2) is 5.35. The molecule has 5 heteroatoms. The number of hydrogen-bond acceptors (Lipinski definition) is 4. The molecule has 1 saturated heterocycles. The van der Waals surface area contributed by atoms with Crippen molar-refractivity contribution in [3.05, 3.63) is 23.5 Å². The summed E-state index contributed by atoms with van der Waals surface area (Å²) in [5.74, 6) is 6.05. The first-order chi connectivity index (χ1) is 8.61. The number of hydrogen-bond donors (Lipinski definition) is 2. The van der Waals surface area contributed by atoms with Crippen LogP contribution in [0.1, 0.15) is 35.8 Å². The number of amides is 1. The summed E-state index contributed by atoms with van der Waals surface area (Å²) in [6, 6.07) is 1.79. The van der Waals surface area contributed by atoms with Crippen molar-refractivity contribution >= 4 is 11.6 Å². The molecule has 0 spiro atoms. The number of aromatic nitrogens is 1. The predicted molar refractivity (Wildman–Crippen MR) is 71.1 cm³/mol. The fourth-order valence-electron chi connectivity index (χ4n) is 2.39. The molecule has 98 valence electrons. The number of nitrogen functional groups attached to an aromatic ring is 1. The molecule has 0 aliphatic carbocycles. The lowest BCUT2D eigenvalue weighted by Gasteiger charge is -2.31. The van der Waals surface area contributed by atoms with E-state index in [0.29, 0.717) is 17.2 Å². The maximum absolute atomic E-state index is 12.4. The van der Waals surface area contributed by atoms with Crippen molar-refractivity contribution in [2.45, 2.75) is 26.7 Å². The molecule has 1 atom stereocenters. The van der Waals surface area contributed by atoms with E-state index < -0.39 is 0 Å². The molecule has 1 aliphatic rings. The lowest BCUT2D eigenvalue weighted by Crippen LogP contribution is -2.39. The maximum Gasteiger partial charge on any atom is 0.257 e. The SMILES string of the molecule is Cc1cc(NN)c(C(=O)N2CCCC(C)C2)cn1. The van der Waals surface area contributed by atoms with Gasteiger partial charge in [-0.1, -0.05) is 6.92 Å². The highest BCUT2D eigenvalue weighted by molar-refractivity contribution is 5.99. The van der Waals surface area contributed by atoms with Crippen molar-refractivity contribution in [2.75, 3.05) is 18.5 Å². The molecule has 2 rings (SSSR count). The third-order valence-electron chi connectivity index (χ3n) is 3.37. The van der Waals surface area contributed by atoms with Gasteiger partial charge in [0.2, 0.25) is 0 Å². The summed E-state index contributed by atoms with van der Waals surface area (Å²) >= 11 is 0. The number of likely N-dealkylation sites (tertiary alicyclic amines) is 1. The topological polar surface area (TPSA) is 71.2 Å². The third-order valence-corrected chi connectivity index (χ3v) is 3.37. The largest absolute Gasteiger partial charge is 0.338 e. The van der Waals surface area contributed by atoms with E-state index in [0.717, 1.165) is 25.2 Å². The number of carbonyl (C=O) groups excluding carboxylic acids is 1. The number of nitrogens with two attached hydrogens (primary N) is 1. The van der Waals surface area contributed by atoms with E-state index in [1.807, 2.05) is 11.8 Å². The maximum atomic E-state index is 12.4. The van der Waals surface area contributed by atoms with Gasteiger partial charge >= 0.3 is 0 Å². The number of anilines is 1. The summed E-state index contributed by atoms with van der Waals surface area (Å²) in [4.78, 5) is 18.5. The van der Waals surface area contributed by atoms with Crippen LogP contribution in [-0.4, -0.2) is 28.9 Å². The van der Waals surface area contributed by atoms with Crippen molar-refractivity contribution in [1.29, 1.82) is 0 Å². The normalized spacial score (nSPS) is 19.7. The van der Waals surface area contributed by atoms with E-state index in [-0.39, 0.29) is 5.91 Å². The molecule has 1 aromatic heterocycles. The minimum atomic E-state index is 0.0157. The second-order valence-electron chi connectivity index (χ2n) is 5.01. The highest BCUT2D eigenvalue weighted by Gasteiger charge is 2.24. The molecule has 1 fully saturated rings. The van der Waals surface area contributed by atoms with Gasteiger partial charge in [0.1, 0.15) is 0 Å². The molecule has 0 radical (unpaired) electrons. The van der Waals surface area contributed by atoms with Gasteiger partial charge in [-0.15, -0.1) is 0 Å². The molecular weight excluding hydrogens is 228 g/mol. The van der Waals surface area contributed by atoms with Crippen molar-refractivity contribution in [3.8, 4) is 0 Å². The summed E-state index contributed by atoms with van der Waals surface area (Å²) in [7, 11) is 0. The van der Waals surface area contributed by atoms with Crippen LogP contribution in [0.4, 0.5) is 5.69 Å². The Hall–Kier alpha value is -1.62. The monoisotopic (exact) mass is 248 g/mol. The zero-order valence-corrected chi connectivity index (χ0v) is 10.9. The molecule has 2 heterocycles. The van der Waals surface area contributed by atoms with Gasteiger partial charge in [0.25, 0.3) is 5.91 Å². The Morgan fingerprint density at radius 3 is 3.06 bits per heavy atom. The third kappa shape index (κ3) is 2.61. The zero-order chi connectivity index (χ0) is 13.1. The fourth-order valence-corrected chi connectivity index (χ4v) is 2.39. The molecule has 5 nitrogen and oxygen atoms in total. The van der Waals surface area contributed by atoms with E-state index in [9.17, 15) is 4.79 Å². The quantitative estimate of drug-likeness (QED) is 0.615. The number of piperidine rings is 1. The van der Waals surface area contributed by atoms with Crippen LogP contribution < -0.4 is 11.3 Å². The summed E-state index contributed by atoms with van der Waals surface area (Å²) in [6.07, 6.45) is 3.86. The summed E-state index contributed by atoms with van der Waals surface area (Å²) in [5.41, 5.74) is 4.62. The molecular formula is C13H20N4O. The Bertz CT molecular complexity index is 447. The Balaban J connectivity index is 2.22. The molecule has 18 heavy (non-hydrogen) atoms. The van der Waals surface area contributed by atoms with Gasteiger partial charge in [-0.2, -0.15) is 0 Å². The Morgan fingerprint density at radius 2 is 2.39 bits per heavy atom. The van der Waals surface area contributed by atoms with Crippen molar-refractivity contribution in [2.24, 2.45) is 11.8 Å². The number of hydrazine groups is 1. The lowest BCUT2D eigenvalue weighted by molar-refractivity contribution is 0.0683. The van der Waals surface area contributed by atoms with Crippen LogP contribution in [0, 0.1) is 12.8 Å². The van der Waals surface area contributed by atoms with Crippen molar-refractivity contribution in [3.63, 3.8) is 0 Å². The molecule has 1 amide bonds. The van der Waals surface area contributed by atoms with Crippen LogP contribution in [-0.2, 0) is 0 Å². The van der Waals surface area contributed by atoms with Gasteiger partial charge in [0.05, 0.1) is 11.3 Å². The van der Waals surface area contributed by atoms with E-state index in [1.165, 1.54) is 6.42 Å². The fraction of sp³-hybridized carbons (Fsp3) is 0.538. The number of nitrogens with one attached hydrogen (secondary N) is 1. The first-order valence-electron chi connectivity index (χ1n) is 6.34. The van der Waals surface area contributed by atoms with Gasteiger partial charge < -0.3 is 10.3 Å². The van der Waals surface area contributed by atoms with Gasteiger partial charge in [-0.3, -0.25) is 15.6 Å². The summed E-state index contributed by atoms with van der Waals surface area (Å²) in [5, 5.41) is 0. The zero-order valence-electron chi connectivity index (χ0n) is 10.9. The van der Waals surface area contributed by atoms with E-state index >= 15 is 0 Å². The molecule has 0 saturated carbocycles. The molecule has 0 bridgehead atoms. The molecule has 1 aliphatic heterocycles. The van der Waals surface area contributed by atoms with Crippen LogP contribution >= 0.6 is 0 Å². The lowest BCUT2D eigenvalue weighted by atomic mass is 9.99. The summed E-state index contributed by atoms with van der Waals surface area (Å²) < 4.78 is 0. The molecule has 1 unspecified atom stereocenters. The number of rotatable bonds is 2. The van der Waals surface area contributed by atoms with E-state index in [4.69, 9.17) is 5.84 Å². The molecule has 1 aromatic rings. The van der Waals surface area contributed by atoms with E-state index in [1.54, 1.807) is 12.3 Å². The number of carbonyl (C=O) groups is 1. The van der Waals surface area contributed by atoms with Crippen LogP contribution in [0.25, 0.3) is 0 Å². The average Bonchev–Trinajstić information content (AvgIpc) is 2.37. The number of nitrogens with zero attached hydrogens (tertiary/aromatic N) is 2. The standard InChI is InChI=1S/C13H20N4O/c1-9-4-3-5-17(8-9)13(18)11-7-15-10(2)6-12(11)16-14/h6-7,9H,3-5,8,14H2,1-2H3,(H,15,16). The van der Waals surface area contributed by atoms with Crippen LogP contribution in [0.3, 0.4) is 0 Å². The van der Waals surface area contributed by atoms with Crippen molar-refractivity contribution in [1.82, 2.24) is 9.88 Å². The Morgan fingerprint density at radius 1 is 1.61 bits per heavy atom. The summed E-state index contributed by atoms with van der Waals surface area (Å²) in [6.45, 7) is 5.69. The molecule has 3 N–H and O–H groups in total. The predicted octanol–water partition coefficient (Wildman–Crippen LogP) is 1.55. The van der Waals surface area contributed by atoms with Gasteiger partial charge in [-0.25, -0.2) is 0 Å². The Kier molecular flexibility index (Phi) is 3.81. The van der Waals surface area contributed by atoms with Crippen LogP contribution in [0.15, 0.2) is 12.3 Å². The first kappa shape index (κ1) is 12.8. The Labute approximate surface area is 107 Å². The van der Waals surface area contributed by atoms with Crippen LogP contribution in [0.5, 0.6) is 0 Å². The number of aryl methyl sites for hydroxylation is 1. The van der Waals surface area contributed by atoms with Crippen LogP contribution in [0.2, 0.25) is 0 Å². The van der Waals surface area contributed by atoms with Gasteiger partial charge in [0.15, 0.2) is 0 Å². The van der Waals surface area contributed by atoms with E-state index in [2.05, 4.69) is 17.3 Å². The smallest absolute Gasteiger partial charge is 0.257 e. The minimum absolute atomic E-state index is 0.0157. The highest BCUT2D eigenvalue weighted by atomic mass is 16.2. The van der Waals surface area contributed by atoms with Crippen molar-refractivity contribution < 1.29 is 4.79 Å². The average molecular weight is 248 g/mol. The minimum Gasteiger partial charge on any atom is -0.338 e. The first-order valence-corrected chi connectivity index (χ1v) is 6.34. The van der Waals surface area contributed by atoms with Gasteiger partial charge in [-0.05, 0) is 31.7 Å². The highest BCUT2D eigenvalue weighted by Crippen LogP contribution is 2.21. The number of pyridine rings is 1. The molecule has 0 aromatic carbocycles. The van der Waals surface area contributed by atoms with Gasteiger partial charge in [0, 0.05) is 25.0 Å².